The molecule has 0 unspecified atom stereocenters. The second-order valence-corrected chi connectivity index (χ2v) is 6.67. The molecule has 0 heterocycles. The van der Waals surface area contributed by atoms with Crippen molar-refractivity contribution in [2.24, 2.45) is 10.9 Å². The van der Waals surface area contributed by atoms with E-state index in [1.807, 2.05) is 48.5 Å². The molecule has 4 N–H and O–H groups in total. The number of benzene rings is 3. The molecule has 4 nitrogen and oxygen atoms in total. The molecule has 0 aliphatic rings. The maximum Gasteiger partial charge on any atom is 0.170 e. The van der Waals surface area contributed by atoms with E-state index in [0.29, 0.717) is 10.6 Å². The number of halogens is 1. The second-order valence-electron chi connectivity index (χ2n) is 6.30. The smallest absolute Gasteiger partial charge is 0.170 e. The number of rotatable bonds is 5. The molecule has 0 saturated heterocycles. The van der Waals surface area contributed by atoms with Crippen molar-refractivity contribution in [1.29, 1.82) is 0 Å². The van der Waals surface area contributed by atoms with Crippen LogP contribution in [0.15, 0.2) is 65.8 Å². The van der Waals surface area contributed by atoms with Crippen LogP contribution >= 0.6 is 11.6 Å². The highest BCUT2D eigenvalue weighted by atomic mass is 35.5. The van der Waals surface area contributed by atoms with Crippen LogP contribution in [-0.2, 0) is 6.42 Å². The highest BCUT2D eigenvalue weighted by molar-refractivity contribution is 6.35. The van der Waals surface area contributed by atoms with Gasteiger partial charge in [0.25, 0.3) is 0 Å². The summed E-state index contributed by atoms with van der Waals surface area (Å²) in [6.07, 6.45) is 1.68. The first-order valence-corrected chi connectivity index (χ1v) is 9.12. The fourth-order valence-electron chi connectivity index (χ4n) is 3.23. The molecule has 0 fully saturated rings. The highest BCUT2D eigenvalue weighted by Crippen LogP contribution is 2.42. The van der Waals surface area contributed by atoms with Gasteiger partial charge in [-0.3, -0.25) is 0 Å². The maximum absolute atomic E-state index is 9.67. The standard InChI is InChI=1S/C22H21ClN2O2/c1-2-6-16-13-18(22(24)25-27)19(14-7-4-3-5-8-14)20(21(16)23)15-9-11-17(26)12-10-15/h3-5,7-13,26-27H,2,6H2,1H3,(H2,24,25). The molecule has 3 aromatic rings. The van der Waals surface area contributed by atoms with Gasteiger partial charge in [-0.25, -0.2) is 0 Å². The summed E-state index contributed by atoms with van der Waals surface area (Å²) >= 11 is 6.83. The quantitative estimate of drug-likeness (QED) is 0.239. The molecular weight excluding hydrogens is 360 g/mol. The van der Waals surface area contributed by atoms with E-state index in [4.69, 9.17) is 17.3 Å². The van der Waals surface area contributed by atoms with Gasteiger partial charge < -0.3 is 16.0 Å². The number of nitrogens with two attached hydrogens (primary N) is 1. The van der Waals surface area contributed by atoms with Gasteiger partial charge in [-0.05, 0) is 41.3 Å². The number of oxime groups is 1. The van der Waals surface area contributed by atoms with Crippen LogP contribution in [0.1, 0.15) is 24.5 Å². The van der Waals surface area contributed by atoms with E-state index in [2.05, 4.69) is 12.1 Å². The molecule has 0 bridgehead atoms. The Morgan fingerprint density at radius 3 is 2.22 bits per heavy atom. The summed E-state index contributed by atoms with van der Waals surface area (Å²) in [7, 11) is 0. The molecule has 3 aromatic carbocycles. The topological polar surface area (TPSA) is 78.8 Å². The number of hydrogen-bond donors (Lipinski definition) is 3. The van der Waals surface area contributed by atoms with Crippen molar-refractivity contribution in [2.75, 3.05) is 0 Å². The van der Waals surface area contributed by atoms with E-state index >= 15 is 0 Å². The van der Waals surface area contributed by atoms with E-state index in [9.17, 15) is 10.3 Å². The van der Waals surface area contributed by atoms with Gasteiger partial charge in [0.1, 0.15) is 5.75 Å². The van der Waals surface area contributed by atoms with Crippen molar-refractivity contribution >= 4 is 17.4 Å². The minimum absolute atomic E-state index is 0.0305. The molecule has 3 rings (SSSR count). The number of nitrogens with zero attached hydrogens (tertiary/aromatic N) is 1. The third-order valence-corrected chi connectivity index (χ3v) is 4.89. The number of aromatic hydroxyl groups is 1. The Labute approximate surface area is 163 Å². The Morgan fingerprint density at radius 2 is 1.63 bits per heavy atom. The van der Waals surface area contributed by atoms with Gasteiger partial charge in [0.2, 0.25) is 0 Å². The van der Waals surface area contributed by atoms with Crippen molar-refractivity contribution in [3.63, 3.8) is 0 Å². The molecule has 0 saturated carbocycles. The zero-order valence-corrected chi connectivity index (χ0v) is 15.7. The van der Waals surface area contributed by atoms with Crippen molar-refractivity contribution in [3.05, 3.63) is 76.8 Å². The first-order valence-electron chi connectivity index (χ1n) is 8.74. The molecule has 27 heavy (non-hydrogen) atoms. The molecule has 5 heteroatoms. The fraction of sp³-hybridized carbons (Fsp3) is 0.136. The van der Waals surface area contributed by atoms with Crippen LogP contribution in [0.5, 0.6) is 5.75 Å². The predicted octanol–water partition coefficient (Wildman–Crippen LogP) is 5.43. The number of aryl methyl sites for hydroxylation is 1. The first-order chi connectivity index (χ1) is 13.1. The maximum atomic E-state index is 9.67. The molecule has 0 amide bonds. The van der Waals surface area contributed by atoms with Crippen LogP contribution < -0.4 is 5.73 Å². The largest absolute Gasteiger partial charge is 0.508 e. The summed E-state index contributed by atoms with van der Waals surface area (Å²) in [5.41, 5.74) is 10.9. The Kier molecular flexibility index (Phi) is 5.67. The van der Waals surface area contributed by atoms with Crippen molar-refractivity contribution in [2.45, 2.75) is 19.8 Å². The van der Waals surface area contributed by atoms with Crippen molar-refractivity contribution < 1.29 is 10.3 Å². The Bertz CT molecular complexity index is 968. The van der Waals surface area contributed by atoms with Crippen LogP contribution in [0.2, 0.25) is 5.02 Å². The lowest BCUT2D eigenvalue weighted by atomic mass is 9.87. The lowest BCUT2D eigenvalue weighted by molar-refractivity contribution is 0.318. The van der Waals surface area contributed by atoms with Gasteiger partial charge in [0.05, 0.1) is 5.02 Å². The summed E-state index contributed by atoms with van der Waals surface area (Å²) in [4.78, 5) is 0. The molecule has 0 aromatic heterocycles. The van der Waals surface area contributed by atoms with E-state index < -0.39 is 0 Å². The molecule has 0 aliphatic heterocycles. The summed E-state index contributed by atoms with van der Waals surface area (Å²) < 4.78 is 0. The summed E-state index contributed by atoms with van der Waals surface area (Å²) in [6.45, 7) is 2.07. The van der Waals surface area contributed by atoms with Crippen molar-refractivity contribution in [3.8, 4) is 28.0 Å². The highest BCUT2D eigenvalue weighted by Gasteiger charge is 2.21. The Hall–Kier alpha value is -2.98. The first kappa shape index (κ1) is 18.8. The summed E-state index contributed by atoms with van der Waals surface area (Å²) in [5, 5.41) is 22.9. The van der Waals surface area contributed by atoms with Crippen LogP contribution in [0.25, 0.3) is 22.3 Å². The van der Waals surface area contributed by atoms with Gasteiger partial charge in [0.15, 0.2) is 5.84 Å². The lowest BCUT2D eigenvalue weighted by Crippen LogP contribution is -2.16. The van der Waals surface area contributed by atoms with Gasteiger partial charge in [-0.2, -0.15) is 0 Å². The third kappa shape index (κ3) is 3.76. The van der Waals surface area contributed by atoms with E-state index in [-0.39, 0.29) is 11.6 Å². The van der Waals surface area contributed by atoms with Crippen LogP contribution in [0, 0.1) is 0 Å². The molecule has 0 radical (unpaired) electrons. The predicted molar refractivity (Wildman–Crippen MR) is 110 cm³/mol. The zero-order chi connectivity index (χ0) is 19.4. The number of hydrogen-bond acceptors (Lipinski definition) is 3. The molecular formula is C22H21ClN2O2. The van der Waals surface area contributed by atoms with Gasteiger partial charge in [0, 0.05) is 16.7 Å². The average molecular weight is 381 g/mol. The van der Waals surface area contributed by atoms with Gasteiger partial charge in [-0.1, -0.05) is 72.6 Å². The summed E-state index contributed by atoms with van der Waals surface area (Å²) in [5.74, 6) is 0.209. The van der Waals surface area contributed by atoms with Crippen LogP contribution in [0.4, 0.5) is 0 Å². The fourth-order valence-corrected chi connectivity index (χ4v) is 3.58. The minimum atomic E-state index is 0.0305. The lowest BCUT2D eigenvalue weighted by Gasteiger charge is -2.20. The van der Waals surface area contributed by atoms with E-state index in [1.54, 1.807) is 12.1 Å². The normalized spacial score (nSPS) is 11.6. The van der Waals surface area contributed by atoms with Crippen LogP contribution in [0.3, 0.4) is 0 Å². The monoisotopic (exact) mass is 380 g/mol. The molecule has 0 atom stereocenters. The van der Waals surface area contributed by atoms with Gasteiger partial charge >= 0.3 is 0 Å². The number of phenolic OH excluding ortho intramolecular Hbond substituents is 1. The molecule has 0 spiro atoms. The summed E-state index contributed by atoms with van der Waals surface area (Å²) in [6, 6.07) is 18.5. The number of phenols is 1. The SMILES string of the molecule is CCCc1cc(C(N)=NO)c(-c2ccccc2)c(-c2ccc(O)cc2)c1Cl. The van der Waals surface area contributed by atoms with Crippen molar-refractivity contribution in [1.82, 2.24) is 0 Å². The minimum Gasteiger partial charge on any atom is -0.508 e. The number of amidine groups is 1. The average Bonchev–Trinajstić information content (AvgIpc) is 2.70. The molecule has 138 valence electrons. The second kappa shape index (κ2) is 8.14. The third-order valence-electron chi connectivity index (χ3n) is 4.46. The van der Waals surface area contributed by atoms with Gasteiger partial charge in [-0.15, -0.1) is 0 Å². The van der Waals surface area contributed by atoms with E-state index in [0.717, 1.165) is 40.7 Å². The van der Waals surface area contributed by atoms with Crippen LogP contribution in [-0.4, -0.2) is 16.1 Å². The Balaban J connectivity index is 2.43. The van der Waals surface area contributed by atoms with E-state index in [1.165, 1.54) is 0 Å². The Morgan fingerprint density at radius 1 is 1.00 bits per heavy atom. The zero-order valence-electron chi connectivity index (χ0n) is 15.0. The molecule has 0 aliphatic carbocycles.